The Bertz CT molecular complexity index is 954. The highest BCUT2D eigenvalue weighted by atomic mass is 32.1. The Balaban J connectivity index is 1.65. The van der Waals surface area contributed by atoms with Crippen molar-refractivity contribution in [2.45, 2.75) is 39.3 Å². The van der Waals surface area contributed by atoms with Crippen molar-refractivity contribution in [1.82, 2.24) is 14.9 Å². The third kappa shape index (κ3) is 3.14. The summed E-state index contributed by atoms with van der Waals surface area (Å²) in [5, 5.41) is 1.68. The number of pyridine rings is 1. The van der Waals surface area contributed by atoms with E-state index in [1.54, 1.807) is 40.0 Å². The predicted molar refractivity (Wildman–Crippen MR) is 105 cm³/mol. The summed E-state index contributed by atoms with van der Waals surface area (Å²) in [4.78, 5) is 24.1. The highest BCUT2D eigenvalue weighted by Gasteiger charge is 2.30. The van der Waals surface area contributed by atoms with Gasteiger partial charge in [-0.2, -0.15) is 0 Å². The number of carbonyl (C=O) groups is 1. The minimum Gasteiger partial charge on any atom is -0.444 e. The molecule has 0 aliphatic carbocycles. The van der Waals surface area contributed by atoms with Crippen LogP contribution < -0.4 is 5.73 Å². The Morgan fingerprint density at radius 2 is 2.15 bits per heavy atom. The molecule has 1 aliphatic heterocycles. The lowest BCUT2D eigenvalue weighted by molar-refractivity contribution is 0.0227. The summed E-state index contributed by atoms with van der Waals surface area (Å²) in [5.41, 5.74) is 8.96. The van der Waals surface area contributed by atoms with Gasteiger partial charge in [0.05, 0.1) is 22.4 Å². The minimum absolute atomic E-state index is 0.275. The summed E-state index contributed by atoms with van der Waals surface area (Å²) in [6, 6.07) is 1.97. The van der Waals surface area contributed by atoms with E-state index in [0.717, 1.165) is 37.1 Å². The van der Waals surface area contributed by atoms with Gasteiger partial charge in [0.1, 0.15) is 16.1 Å². The molecule has 0 saturated heterocycles. The van der Waals surface area contributed by atoms with Gasteiger partial charge in [-0.25, -0.2) is 9.78 Å². The molecule has 0 saturated carbocycles. The van der Waals surface area contributed by atoms with Crippen molar-refractivity contribution in [1.29, 1.82) is 0 Å². The van der Waals surface area contributed by atoms with Crippen LogP contribution in [0.4, 0.5) is 9.80 Å². The van der Waals surface area contributed by atoms with Crippen LogP contribution in [-0.2, 0) is 17.7 Å². The Morgan fingerprint density at radius 3 is 2.88 bits per heavy atom. The number of fused-ring (bicyclic) bond motifs is 2. The second-order valence-electron chi connectivity index (χ2n) is 7.26. The zero-order valence-corrected chi connectivity index (χ0v) is 16.5. The Labute approximate surface area is 159 Å². The molecule has 0 fully saturated rings. The molecule has 26 heavy (non-hydrogen) atoms. The van der Waals surface area contributed by atoms with Crippen LogP contribution in [0.25, 0.3) is 20.8 Å². The smallest absolute Gasteiger partial charge is 0.410 e. The molecular formula is C18H20N4O2S2. The number of nitrogens with two attached hydrogens (primary N) is 1. The van der Waals surface area contributed by atoms with Crippen LogP contribution in [0.15, 0.2) is 18.5 Å². The van der Waals surface area contributed by atoms with Gasteiger partial charge in [0.25, 0.3) is 0 Å². The van der Waals surface area contributed by atoms with Crippen molar-refractivity contribution < 1.29 is 9.53 Å². The maximum absolute atomic E-state index is 12.4. The van der Waals surface area contributed by atoms with Gasteiger partial charge >= 0.3 is 6.09 Å². The summed E-state index contributed by atoms with van der Waals surface area (Å²) in [6.45, 7) is 6.79. The molecule has 1 aliphatic rings. The quantitative estimate of drug-likeness (QED) is 0.672. The molecule has 0 atom stereocenters. The molecule has 4 rings (SSSR count). The number of amides is 1. The van der Waals surface area contributed by atoms with E-state index >= 15 is 0 Å². The first-order valence-electron chi connectivity index (χ1n) is 8.41. The predicted octanol–water partition coefficient (Wildman–Crippen LogP) is 4.30. The van der Waals surface area contributed by atoms with Crippen LogP contribution in [0.1, 0.15) is 31.2 Å². The molecule has 2 N–H and O–H groups in total. The lowest BCUT2D eigenvalue weighted by Gasteiger charge is -2.30. The topological polar surface area (TPSA) is 81.3 Å². The molecule has 0 spiro atoms. The van der Waals surface area contributed by atoms with Crippen molar-refractivity contribution >= 4 is 44.0 Å². The number of aromatic nitrogens is 2. The average Bonchev–Trinajstić information content (AvgIpc) is 3.11. The maximum atomic E-state index is 12.4. The fraction of sp³-hybridized carbons (Fsp3) is 0.389. The van der Waals surface area contributed by atoms with Gasteiger partial charge in [-0.3, -0.25) is 4.98 Å². The number of ether oxygens (including phenoxy) is 1. The molecule has 0 radical (unpaired) electrons. The molecule has 3 aromatic heterocycles. The number of carbonyl (C=O) groups excluding carboxylic acids is 1. The maximum Gasteiger partial charge on any atom is 0.410 e. The Kier molecular flexibility index (Phi) is 4.11. The van der Waals surface area contributed by atoms with E-state index < -0.39 is 5.60 Å². The van der Waals surface area contributed by atoms with E-state index in [4.69, 9.17) is 15.5 Å². The van der Waals surface area contributed by atoms with Gasteiger partial charge in [-0.15, -0.1) is 22.7 Å². The van der Waals surface area contributed by atoms with Gasteiger partial charge in [0.15, 0.2) is 0 Å². The van der Waals surface area contributed by atoms with Crippen LogP contribution in [0.2, 0.25) is 0 Å². The van der Waals surface area contributed by atoms with Crippen molar-refractivity contribution in [3.8, 4) is 10.6 Å². The normalized spacial score (nSPS) is 14.5. The molecule has 0 bridgehead atoms. The minimum atomic E-state index is -0.494. The first-order valence-corrected chi connectivity index (χ1v) is 10.0. The standard InChI is InChI=1S/C18H20N4O2S2/c1-18(2,3)24-17(23)22-7-5-10-13(9-22)25-15(19)14(10)16-21-11-8-20-6-4-12(11)26-16/h4,6,8H,5,7,9,19H2,1-3H3. The van der Waals surface area contributed by atoms with E-state index in [0.29, 0.717) is 13.1 Å². The highest BCUT2D eigenvalue weighted by Crippen LogP contribution is 2.44. The summed E-state index contributed by atoms with van der Waals surface area (Å²) in [5.74, 6) is 0. The fourth-order valence-electron chi connectivity index (χ4n) is 3.03. The Morgan fingerprint density at radius 1 is 1.35 bits per heavy atom. The lowest BCUT2D eigenvalue weighted by Crippen LogP contribution is -2.39. The number of thiophene rings is 1. The monoisotopic (exact) mass is 388 g/mol. The van der Waals surface area contributed by atoms with Gasteiger partial charge in [-0.05, 0) is 38.8 Å². The van der Waals surface area contributed by atoms with Crippen LogP contribution >= 0.6 is 22.7 Å². The zero-order chi connectivity index (χ0) is 18.5. The summed E-state index contributed by atoms with van der Waals surface area (Å²) in [6.07, 6.45) is 4.03. The number of anilines is 1. The van der Waals surface area contributed by atoms with Crippen molar-refractivity contribution in [2.75, 3.05) is 12.3 Å². The number of nitrogen functional groups attached to an aromatic ring is 1. The second kappa shape index (κ2) is 6.21. The van der Waals surface area contributed by atoms with E-state index in [9.17, 15) is 4.79 Å². The van der Waals surface area contributed by atoms with Crippen molar-refractivity contribution in [3.05, 3.63) is 28.9 Å². The molecule has 0 unspecified atom stereocenters. The summed E-state index contributed by atoms with van der Waals surface area (Å²) < 4.78 is 6.59. The number of rotatable bonds is 1. The van der Waals surface area contributed by atoms with Gasteiger partial charge in [-0.1, -0.05) is 0 Å². The van der Waals surface area contributed by atoms with Gasteiger partial charge < -0.3 is 15.4 Å². The van der Waals surface area contributed by atoms with Crippen LogP contribution in [0.5, 0.6) is 0 Å². The Hall–Kier alpha value is -2.19. The third-order valence-corrected chi connectivity index (χ3v) is 6.24. The molecule has 6 nitrogen and oxygen atoms in total. The van der Waals surface area contributed by atoms with Gasteiger partial charge in [0, 0.05) is 23.2 Å². The number of hydrogen-bond acceptors (Lipinski definition) is 7. The summed E-state index contributed by atoms with van der Waals surface area (Å²) >= 11 is 3.17. The second-order valence-corrected chi connectivity index (χ2v) is 9.42. The lowest BCUT2D eigenvalue weighted by atomic mass is 10.0. The fourth-order valence-corrected chi connectivity index (χ4v) is 5.25. The zero-order valence-electron chi connectivity index (χ0n) is 14.9. The largest absolute Gasteiger partial charge is 0.444 e. The molecular weight excluding hydrogens is 368 g/mol. The first kappa shape index (κ1) is 17.2. The average molecular weight is 389 g/mol. The van der Waals surface area contributed by atoms with E-state index in [1.165, 1.54) is 5.56 Å². The summed E-state index contributed by atoms with van der Waals surface area (Å²) in [7, 11) is 0. The van der Waals surface area contributed by atoms with Crippen molar-refractivity contribution in [3.63, 3.8) is 0 Å². The number of thiazole rings is 1. The molecule has 1 amide bonds. The van der Waals surface area contributed by atoms with E-state index in [1.807, 2.05) is 26.8 Å². The highest BCUT2D eigenvalue weighted by molar-refractivity contribution is 7.22. The van der Waals surface area contributed by atoms with Gasteiger partial charge in [0.2, 0.25) is 0 Å². The van der Waals surface area contributed by atoms with E-state index in [2.05, 4.69) is 4.98 Å². The van der Waals surface area contributed by atoms with E-state index in [-0.39, 0.29) is 6.09 Å². The van der Waals surface area contributed by atoms with Crippen LogP contribution in [-0.4, -0.2) is 33.1 Å². The molecule has 8 heteroatoms. The van der Waals surface area contributed by atoms with Crippen LogP contribution in [0, 0.1) is 0 Å². The van der Waals surface area contributed by atoms with Crippen LogP contribution in [0.3, 0.4) is 0 Å². The molecule has 4 heterocycles. The SMILES string of the molecule is CC(C)(C)OC(=O)N1CCc2c(sc(N)c2-c2nc3cnccc3s2)C1. The molecule has 136 valence electrons. The van der Waals surface area contributed by atoms with Crippen molar-refractivity contribution in [2.24, 2.45) is 0 Å². The molecule has 3 aromatic rings. The number of nitrogens with zero attached hydrogens (tertiary/aromatic N) is 3. The number of hydrogen-bond donors (Lipinski definition) is 1. The molecule has 0 aromatic carbocycles. The third-order valence-electron chi connectivity index (χ3n) is 4.14. The first-order chi connectivity index (χ1) is 12.3.